The van der Waals surface area contributed by atoms with Crippen LogP contribution in [0.3, 0.4) is 0 Å². The number of thiazole rings is 1. The first kappa shape index (κ1) is 13.2. The Morgan fingerprint density at radius 1 is 1.11 bits per heavy atom. The maximum Gasteiger partial charge on any atom is 0.0974 e. The van der Waals surface area contributed by atoms with Gasteiger partial charge in [-0.15, -0.1) is 11.3 Å². The third kappa shape index (κ3) is 3.18. The van der Waals surface area contributed by atoms with Gasteiger partial charge in [0.1, 0.15) is 0 Å². The zero-order chi connectivity index (χ0) is 13.1. The molecule has 0 aliphatic rings. The molecule has 0 fully saturated rings. The van der Waals surface area contributed by atoms with Crippen molar-refractivity contribution in [2.24, 2.45) is 5.73 Å². The van der Waals surface area contributed by atoms with Gasteiger partial charge in [-0.05, 0) is 39.3 Å². The molecule has 0 aliphatic carbocycles. The van der Waals surface area contributed by atoms with E-state index in [1.54, 1.807) is 11.3 Å². The minimum absolute atomic E-state index is 0.700. The van der Waals surface area contributed by atoms with Gasteiger partial charge in [0, 0.05) is 11.3 Å². The molecule has 2 nitrogen and oxygen atoms in total. The normalized spacial score (nSPS) is 10.9. The van der Waals surface area contributed by atoms with Gasteiger partial charge in [-0.25, -0.2) is 4.98 Å². The van der Waals surface area contributed by atoms with E-state index in [2.05, 4.69) is 44.0 Å². The van der Waals surface area contributed by atoms with Crippen LogP contribution >= 0.6 is 11.3 Å². The van der Waals surface area contributed by atoms with Crippen molar-refractivity contribution < 1.29 is 0 Å². The molecule has 2 N–H and O–H groups in total. The summed E-state index contributed by atoms with van der Waals surface area (Å²) in [6.45, 7) is 7.06. The van der Waals surface area contributed by atoms with Gasteiger partial charge in [-0.3, -0.25) is 0 Å². The molecular weight excluding hydrogens is 240 g/mol. The van der Waals surface area contributed by atoms with Gasteiger partial charge in [0.05, 0.1) is 10.7 Å². The van der Waals surface area contributed by atoms with E-state index in [9.17, 15) is 0 Å². The van der Waals surface area contributed by atoms with Crippen LogP contribution in [-0.4, -0.2) is 11.5 Å². The lowest BCUT2D eigenvalue weighted by Crippen LogP contribution is -2.01. The predicted molar refractivity (Wildman–Crippen MR) is 78.3 cm³/mol. The minimum atomic E-state index is 0.700. The van der Waals surface area contributed by atoms with Gasteiger partial charge in [0.25, 0.3) is 0 Å². The Bertz CT molecular complexity index is 523. The molecule has 0 atom stereocenters. The van der Waals surface area contributed by atoms with E-state index < -0.39 is 0 Å². The third-order valence-electron chi connectivity index (χ3n) is 2.95. The summed E-state index contributed by atoms with van der Waals surface area (Å²) in [4.78, 5) is 5.98. The summed E-state index contributed by atoms with van der Waals surface area (Å²) in [6, 6.07) is 6.69. The van der Waals surface area contributed by atoms with Crippen LogP contribution in [0, 0.1) is 20.8 Å². The number of rotatable bonds is 4. The smallest absolute Gasteiger partial charge is 0.0974 e. The molecule has 2 aromatic rings. The van der Waals surface area contributed by atoms with E-state index in [0.29, 0.717) is 6.54 Å². The van der Waals surface area contributed by atoms with E-state index >= 15 is 0 Å². The Labute approximate surface area is 113 Å². The maximum atomic E-state index is 5.61. The number of hydrogen-bond donors (Lipinski definition) is 1. The number of aromatic nitrogens is 1. The second-order valence-corrected chi connectivity index (χ2v) is 6.00. The average Bonchev–Trinajstić information content (AvgIpc) is 2.58. The average molecular weight is 260 g/mol. The van der Waals surface area contributed by atoms with Crippen LogP contribution in [0.5, 0.6) is 0 Å². The van der Waals surface area contributed by atoms with Gasteiger partial charge >= 0.3 is 0 Å². The minimum Gasteiger partial charge on any atom is -0.330 e. The SMILES string of the molecule is Cc1cc(C)cc(Cc2nc(C)c(CCN)s2)c1. The summed E-state index contributed by atoms with van der Waals surface area (Å²) in [7, 11) is 0. The molecule has 0 saturated heterocycles. The highest BCUT2D eigenvalue weighted by Gasteiger charge is 2.08. The highest BCUT2D eigenvalue weighted by atomic mass is 32.1. The highest BCUT2D eigenvalue weighted by molar-refractivity contribution is 7.11. The monoisotopic (exact) mass is 260 g/mol. The molecule has 0 spiro atoms. The lowest BCUT2D eigenvalue weighted by atomic mass is 10.1. The van der Waals surface area contributed by atoms with E-state index in [1.165, 1.54) is 26.6 Å². The molecule has 1 aromatic heterocycles. The standard InChI is InChI=1S/C15H20N2S/c1-10-6-11(2)8-13(7-10)9-15-17-12(3)14(18-15)4-5-16/h6-8H,4-5,9,16H2,1-3H3. The van der Waals surface area contributed by atoms with Crippen LogP contribution in [0.15, 0.2) is 18.2 Å². The Balaban J connectivity index is 2.20. The van der Waals surface area contributed by atoms with Crippen molar-refractivity contribution >= 4 is 11.3 Å². The van der Waals surface area contributed by atoms with Crippen LogP contribution < -0.4 is 5.73 Å². The van der Waals surface area contributed by atoms with Gasteiger partial charge < -0.3 is 5.73 Å². The summed E-state index contributed by atoms with van der Waals surface area (Å²) < 4.78 is 0. The maximum absolute atomic E-state index is 5.61. The van der Waals surface area contributed by atoms with Crippen LogP contribution in [0.25, 0.3) is 0 Å². The van der Waals surface area contributed by atoms with E-state index in [-0.39, 0.29) is 0 Å². The predicted octanol–water partition coefficient (Wildman–Crippen LogP) is 3.16. The first-order valence-corrected chi connectivity index (χ1v) is 7.12. The van der Waals surface area contributed by atoms with Crippen LogP contribution in [-0.2, 0) is 12.8 Å². The third-order valence-corrected chi connectivity index (χ3v) is 4.16. The molecule has 0 aliphatic heterocycles. The quantitative estimate of drug-likeness (QED) is 0.917. The van der Waals surface area contributed by atoms with Crippen LogP contribution in [0.2, 0.25) is 0 Å². The second kappa shape index (κ2) is 5.63. The lowest BCUT2D eigenvalue weighted by molar-refractivity contribution is 0.966. The van der Waals surface area contributed by atoms with Gasteiger partial charge in [-0.1, -0.05) is 29.3 Å². The molecule has 0 amide bonds. The summed E-state index contributed by atoms with van der Waals surface area (Å²) in [6.07, 6.45) is 1.87. The van der Waals surface area contributed by atoms with E-state index in [4.69, 9.17) is 5.73 Å². The first-order chi connectivity index (χ1) is 8.58. The molecule has 96 valence electrons. The van der Waals surface area contributed by atoms with Crippen molar-refractivity contribution in [2.45, 2.75) is 33.6 Å². The zero-order valence-electron chi connectivity index (χ0n) is 11.3. The molecule has 18 heavy (non-hydrogen) atoms. The molecule has 1 heterocycles. The molecule has 3 heteroatoms. The van der Waals surface area contributed by atoms with Crippen molar-refractivity contribution in [3.05, 3.63) is 50.5 Å². The largest absolute Gasteiger partial charge is 0.330 e. The Kier molecular flexibility index (Phi) is 4.15. The zero-order valence-corrected chi connectivity index (χ0v) is 12.1. The molecular formula is C15H20N2S. The Morgan fingerprint density at radius 3 is 2.39 bits per heavy atom. The summed E-state index contributed by atoms with van der Waals surface area (Å²) in [5.74, 6) is 0. The molecule has 2 rings (SSSR count). The van der Waals surface area contributed by atoms with Gasteiger partial charge in [0.15, 0.2) is 0 Å². The van der Waals surface area contributed by atoms with Crippen LogP contribution in [0.1, 0.15) is 32.3 Å². The summed E-state index contributed by atoms with van der Waals surface area (Å²) >= 11 is 1.80. The fourth-order valence-electron chi connectivity index (χ4n) is 2.27. The van der Waals surface area contributed by atoms with Crippen molar-refractivity contribution in [1.82, 2.24) is 4.98 Å². The number of benzene rings is 1. The van der Waals surface area contributed by atoms with E-state index in [1.807, 2.05) is 0 Å². The molecule has 0 radical (unpaired) electrons. The van der Waals surface area contributed by atoms with Crippen molar-refractivity contribution in [2.75, 3.05) is 6.54 Å². The summed E-state index contributed by atoms with van der Waals surface area (Å²) in [5.41, 5.74) is 10.7. The number of hydrogen-bond acceptors (Lipinski definition) is 3. The fraction of sp³-hybridized carbons (Fsp3) is 0.400. The molecule has 0 saturated carbocycles. The number of nitrogens with zero attached hydrogens (tertiary/aromatic N) is 1. The summed E-state index contributed by atoms with van der Waals surface area (Å²) in [5, 5.41) is 1.20. The Morgan fingerprint density at radius 2 is 1.78 bits per heavy atom. The van der Waals surface area contributed by atoms with Crippen molar-refractivity contribution in [3.63, 3.8) is 0 Å². The number of aryl methyl sites for hydroxylation is 3. The first-order valence-electron chi connectivity index (χ1n) is 6.31. The van der Waals surface area contributed by atoms with E-state index in [0.717, 1.165) is 18.5 Å². The molecule has 0 unspecified atom stereocenters. The number of nitrogens with two attached hydrogens (primary N) is 1. The van der Waals surface area contributed by atoms with Crippen molar-refractivity contribution in [1.29, 1.82) is 0 Å². The molecule has 0 bridgehead atoms. The van der Waals surface area contributed by atoms with Crippen LogP contribution in [0.4, 0.5) is 0 Å². The molecule has 1 aromatic carbocycles. The topological polar surface area (TPSA) is 38.9 Å². The lowest BCUT2D eigenvalue weighted by Gasteiger charge is -2.02. The van der Waals surface area contributed by atoms with Gasteiger partial charge in [0.2, 0.25) is 0 Å². The second-order valence-electron chi connectivity index (χ2n) is 4.83. The van der Waals surface area contributed by atoms with Gasteiger partial charge in [-0.2, -0.15) is 0 Å². The van der Waals surface area contributed by atoms with Crippen molar-refractivity contribution in [3.8, 4) is 0 Å². The highest BCUT2D eigenvalue weighted by Crippen LogP contribution is 2.22. The fourth-order valence-corrected chi connectivity index (χ4v) is 3.39. The Hall–Kier alpha value is -1.19.